The van der Waals surface area contributed by atoms with Crippen molar-refractivity contribution >= 4 is 16.0 Å². The number of hydrogen-bond acceptors (Lipinski definition) is 5. The second-order valence-electron chi connectivity index (χ2n) is 2.78. The summed E-state index contributed by atoms with van der Waals surface area (Å²) in [7, 11) is -3.66. The van der Waals surface area contributed by atoms with E-state index < -0.39 is 21.7 Å². The van der Waals surface area contributed by atoms with Gasteiger partial charge in [-0.1, -0.05) is 6.92 Å². The van der Waals surface area contributed by atoms with Crippen molar-refractivity contribution in [2.75, 3.05) is 32.1 Å². The molecule has 0 unspecified atom stereocenters. The van der Waals surface area contributed by atoms with Gasteiger partial charge in [-0.05, 0) is 6.92 Å². The lowest BCUT2D eigenvalue weighted by atomic mass is 10.6. The van der Waals surface area contributed by atoms with Gasteiger partial charge in [-0.25, -0.2) is 8.42 Å². The Morgan fingerprint density at radius 2 is 2.00 bits per heavy atom. The van der Waals surface area contributed by atoms with E-state index in [0.29, 0.717) is 0 Å². The molecule has 0 atom stereocenters. The van der Waals surface area contributed by atoms with Crippen LogP contribution in [0, 0.1) is 0 Å². The maximum absolute atomic E-state index is 11.6. The molecule has 0 bridgehead atoms. The highest BCUT2D eigenvalue weighted by molar-refractivity contribution is 7.89. The quantitative estimate of drug-likeness (QED) is 0.588. The predicted molar refractivity (Wildman–Crippen MR) is 54.8 cm³/mol. The molecule has 0 heterocycles. The summed E-state index contributed by atoms with van der Waals surface area (Å²) in [6.07, 6.45) is 0. The lowest BCUT2D eigenvalue weighted by Crippen LogP contribution is -2.37. The summed E-state index contributed by atoms with van der Waals surface area (Å²) < 4.78 is 28.7. The van der Waals surface area contributed by atoms with Gasteiger partial charge in [-0.2, -0.15) is 4.31 Å². The third kappa shape index (κ3) is 5.10. The first-order valence-corrected chi connectivity index (χ1v) is 6.33. The topological polar surface area (TPSA) is 83.9 Å². The van der Waals surface area contributed by atoms with Crippen LogP contribution in [0.25, 0.3) is 0 Å². The molecule has 0 aliphatic rings. The smallest absolute Gasteiger partial charge is 0.322 e. The zero-order chi connectivity index (χ0) is 11.9. The van der Waals surface area contributed by atoms with Crippen molar-refractivity contribution in [2.24, 2.45) is 0 Å². The zero-order valence-electron chi connectivity index (χ0n) is 8.97. The van der Waals surface area contributed by atoms with E-state index in [9.17, 15) is 13.2 Å². The number of likely N-dealkylation sites (N-methyl/N-ethyl adjacent to an activating group) is 1. The highest BCUT2D eigenvalue weighted by Crippen LogP contribution is 2.01. The van der Waals surface area contributed by atoms with Gasteiger partial charge in [0, 0.05) is 13.1 Å². The Balaban J connectivity index is 4.44. The van der Waals surface area contributed by atoms with E-state index in [1.807, 2.05) is 0 Å². The van der Waals surface area contributed by atoms with Gasteiger partial charge in [0.1, 0.15) is 0 Å². The summed E-state index contributed by atoms with van der Waals surface area (Å²) >= 11 is 0. The molecule has 90 valence electrons. The summed E-state index contributed by atoms with van der Waals surface area (Å²) in [5, 5.41) is 8.65. The highest BCUT2D eigenvalue weighted by Gasteiger charge is 2.24. The van der Waals surface area contributed by atoms with Crippen molar-refractivity contribution in [3.63, 3.8) is 0 Å². The lowest BCUT2D eigenvalue weighted by molar-refractivity contribution is -0.140. The number of aliphatic hydroxyl groups excluding tert-OH is 1. The van der Waals surface area contributed by atoms with E-state index in [1.54, 1.807) is 13.8 Å². The van der Waals surface area contributed by atoms with E-state index in [2.05, 4.69) is 4.74 Å². The summed E-state index contributed by atoms with van der Waals surface area (Å²) in [5.74, 6) is -1.44. The van der Waals surface area contributed by atoms with Crippen LogP contribution in [0.5, 0.6) is 0 Å². The number of hydrogen-bond donors (Lipinski definition) is 1. The summed E-state index contributed by atoms with van der Waals surface area (Å²) in [6.45, 7) is 3.35. The summed E-state index contributed by atoms with van der Waals surface area (Å²) in [6, 6.07) is 0. The van der Waals surface area contributed by atoms with Crippen molar-refractivity contribution < 1.29 is 23.1 Å². The molecule has 0 aliphatic carbocycles. The molecule has 0 saturated carbocycles. The molecule has 0 aromatic heterocycles. The maximum atomic E-state index is 11.6. The second-order valence-corrected chi connectivity index (χ2v) is 4.75. The molecule has 0 aliphatic heterocycles. The van der Waals surface area contributed by atoms with E-state index in [0.717, 1.165) is 4.31 Å². The van der Waals surface area contributed by atoms with Gasteiger partial charge in [0.05, 0.1) is 13.2 Å². The van der Waals surface area contributed by atoms with E-state index >= 15 is 0 Å². The molecule has 0 rings (SSSR count). The molecule has 15 heavy (non-hydrogen) atoms. The predicted octanol–water partition coefficient (Wildman–Crippen LogP) is -0.806. The number of sulfonamides is 1. The van der Waals surface area contributed by atoms with Gasteiger partial charge in [0.25, 0.3) is 0 Å². The fraction of sp³-hybridized carbons (Fsp3) is 0.875. The fourth-order valence-electron chi connectivity index (χ4n) is 1.05. The maximum Gasteiger partial charge on any atom is 0.322 e. The average Bonchev–Trinajstić information content (AvgIpc) is 2.13. The highest BCUT2D eigenvalue weighted by atomic mass is 32.2. The number of carbonyl (C=O) groups is 1. The molecule has 0 amide bonds. The van der Waals surface area contributed by atoms with Crippen LogP contribution in [0.15, 0.2) is 0 Å². The van der Waals surface area contributed by atoms with Crippen molar-refractivity contribution in [3.05, 3.63) is 0 Å². The molecule has 0 aromatic carbocycles. The minimum Gasteiger partial charge on any atom is -0.465 e. The number of carbonyl (C=O) groups excluding carboxylic acids is 1. The SMILES string of the molecule is CCOC(=O)CS(=O)(=O)N(CC)CCO. The van der Waals surface area contributed by atoms with Crippen LogP contribution in [-0.2, 0) is 19.6 Å². The molecule has 1 N–H and O–H groups in total. The van der Waals surface area contributed by atoms with Crippen LogP contribution in [-0.4, -0.2) is 55.9 Å². The Kier molecular flexibility index (Phi) is 6.46. The molecule has 0 fully saturated rings. The van der Waals surface area contributed by atoms with Gasteiger partial charge in [-0.15, -0.1) is 0 Å². The molecular weight excluding hydrogens is 222 g/mol. The summed E-state index contributed by atoms with van der Waals surface area (Å²) in [5.41, 5.74) is 0. The summed E-state index contributed by atoms with van der Waals surface area (Å²) in [4.78, 5) is 11.0. The van der Waals surface area contributed by atoms with Crippen LogP contribution in [0.3, 0.4) is 0 Å². The van der Waals surface area contributed by atoms with Gasteiger partial charge in [0.15, 0.2) is 5.75 Å². The lowest BCUT2D eigenvalue weighted by Gasteiger charge is -2.18. The molecule has 0 spiro atoms. The van der Waals surface area contributed by atoms with Gasteiger partial charge in [0.2, 0.25) is 10.0 Å². The van der Waals surface area contributed by atoms with Crippen molar-refractivity contribution in [1.82, 2.24) is 4.31 Å². The van der Waals surface area contributed by atoms with E-state index in [4.69, 9.17) is 5.11 Å². The Morgan fingerprint density at radius 3 is 2.40 bits per heavy atom. The van der Waals surface area contributed by atoms with Gasteiger partial charge < -0.3 is 9.84 Å². The zero-order valence-corrected chi connectivity index (χ0v) is 9.79. The first-order valence-electron chi connectivity index (χ1n) is 4.72. The molecule has 0 aromatic rings. The number of nitrogens with zero attached hydrogens (tertiary/aromatic N) is 1. The van der Waals surface area contributed by atoms with Gasteiger partial charge in [-0.3, -0.25) is 4.79 Å². The van der Waals surface area contributed by atoms with Crippen molar-refractivity contribution in [3.8, 4) is 0 Å². The number of esters is 1. The normalized spacial score (nSPS) is 11.7. The third-order valence-electron chi connectivity index (χ3n) is 1.70. The minimum atomic E-state index is -3.66. The number of ether oxygens (including phenoxy) is 1. The molecule has 6 nitrogen and oxygen atoms in total. The van der Waals surface area contributed by atoms with Gasteiger partial charge >= 0.3 is 5.97 Å². The largest absolute Gasteiger partial charge is 0.465 e. The number of aliphatic hydroxyl groups is 1. The Bertz CT molecular complexity index is 287. The van der Waals surface area contributed by atoms with Crippen LogP contribution in [0.2, 0.25) is 0 Å². The molecule has 0 saturated heterocycles. The second kappa shape index (κ2) is 6.76. The minimum absolute atomic E-state index is 0.00175. The fourth-order valence-corrected chi connectivity index (χ4v) is 2.37. The monoisotopic (exact) mass is 239 g/mol. The Labute approximate surface area is 89.9 Å². The Morgan fingerprint density at radius 1 is 1.40 bits per heavy atom. The molecule has 0 radical (unpaired) electrons. The van der Waals surface area contributed by atoms with Crippen LogP contribution < -0.4 is 0 Å². The average molecular weight is 239 g/mol. The van der Waals surface area contributed by atoms with E-state index in [1.165, 1.54) is 0 Å². The van der Waals surface area contributed by atoms with E-state index in [-0.39, 0.29) is 26.3 Å². The van der Waals surface area contributed by atoms with Crippen LogP contribution in [0.1, 0.15) is 13.8 Å². The van der Waals surface area contributed by atoms with Crippen LogP contribution in [0.4, 0.5) is 0 Å². The Hall–Kier alpha value is -0.660. The standard InChI is InChI=1S/C8H17NO5S/c1-3-9(5-6-10)15(12,13)7-8(11)14-4-2/h10H,3-7H2,1-2H3. The van der Waals surface area contributed by atoms with Crippen LogP contribution >= 0.6 is 0 Å². The first-order chi connectivity index (χ1) is 6.97. The third-order valence-corrected chi connectivity index (χ3v) is 3.53. The first kappa shape index (κ1) is 14.3. The molecule has 7 heteroatoms. The molecular formula is C8H17NO5S. The number of rotatable bonds is 7. The van der Waals surface area contributed by atoms with Crippen molar-refractivity contribution in [1.29, 1.82) is 0 Å². The van der Waals surface area contributed by atoms with Crippen molar-refractivity contribution in [2.45, 2.75) is 13.8 Å².